The predicted octanol–water partition coefficient (Wildman–Crippen LogP) is 3.54. The number of imide groups is 1. The van der Waals surface area contributed by atoms with E-state index < -0.39 is 0 Å². The van der Waals surface area contributed by atoms with Gasteiger partial charge in [0.15, 0.2) is 5.11 Å². The minimum atomic E-state index is -0.369. The molecule has 3 amide bonds. The van der Waals surface area contributed by atoms with E-state index in [1.165, 1.54) is 0 Å². The van der Waals surface area contributed by atoms with Crippen LogP contribution < -0.4 is 15.5 Å². The molecule has 0 atom stereocenters. The molecule has 0 spiro atoms. The van der Waals surface area contributed by atoms with Crippen molar-refractivity contribution < 1.29 is 14.4 Å². The molecule has 1 heterocycles. The summed E-state index contributed by atoms with van der Waals surface area (Å²) in [6, 6.07) is 22.8. The van der Waals surface area contributed by atoms with Gasteiger partial charge in [-0.1, -0.05) is 48.5 Å². The highest BCUT2D eigenvalue weighted by Crippen LogP contribution is 2.29. The Hall–Kier alpha value is -3.84. The highest BCUT2D eigenvalue weighted by atomic mass is 32.1. The monoisotopic (exact) mass is 415 g/mol. The smallest absolute Gasteiger partial charge is 0.266 e. The summed E-state index contributed by atoms with van der Waals surface area (Å²) in [5.41, 5.74) is 2.61. The Morgan fingerprint density at radius 1 is 0.833 bits per heavy atom. The van der Waals surface area contributed by atoms with E-state index in [9.17, 15) is 14.4 Å². The molecular formula is C23H17N3O3S. The third kappa shape index (κ3) is 3.97. The number of benzene rings is 3. The summed E-state index contributed by atoms with van der Waals surface area (Å²) in [5.74, 6) is -0.979. The number of carbonyl (C=O) groups excluding carboxylic acids is 3. The molecule has 30 heavy (non-hydrogen) atoms. The number of hydrogen-bond acceptors (Lipinski definition) is 4. The van der Waals surface area contributed by atoms with Crippen LogP contribution in [-0.2, 0) is 11.2 Å². The molecule has 0 bridgehead atoms. The molecule has 3 aromatic carbocycles. The lowest BCUT2D eigenvalue weighted by Crippen LogP contribution is -2.35. The highest BCUT2D eigenvalue weighted by molar-refractivity contribution is 7.80. The second-order valence-electron chi connectivity index (χ2n) is 6.71. The van der Waals surface area contributed by atoms with Gasteiger partial charge in [0, 0.05) is 5.69 Å². The van der Waals surface area contributed by atoms with E-state index >= 15 is 0 Å². The van der Waals surface area contributed by atoms with Gasteiger partial charge in [0.2, 0.25) is 5.91 Å². The van der Waals surface area contributed by atoms with Gasteiger partial charge in [0.05, 0.1) is 23.2 Å². The first-order chi connectivity index (χ1) is 14.5. The normalized spacial score (nSPS) is 12.5. The Morgan fingerprint density at radius 3 is 2.13 bits per heavy atom. The van der Waals surface area contributed by atoms with Crippen molar-refractivity contribution in [1.29, 1.82) is 0 Å². The van der Waals surface area contributed by atoms with Crippen LogP contribution in [0.15, 0.2) is 78.9 Å². The average Bonchev–Trinajstić information content (AvgIpc) is 2.99. The van der Waals surface area contributed by atoms with Gasteiger partial charge in [-0.2, -0.15) is 0 Å². The zero-order valence-corrected chi connectivity index (χ0v) is 16.6. The van der Waals surface area contributed by atoms with E-state index in [2.05, 4.69) is 10.6 Å². The minimum Gasteiger partial charge on any atom is -0.332 e. The van der Waals surface area contributed by atoms with Crippen LogP contribution in [0.25, 0.3) is 0 Å². The van der Waals surface area contributed by atoms with Gasteiger partial charge in [-0.05, 0) is 48.1 Å². The molecule has 0 saturated carbocycles. The van der Waals surface area contributed by atoms with Gasteiger partial charge in [-0.25, -0.2) is 4.90 Å². The zero-order chi connectivity index (χ0) is 21.1. The third-order valence-electron chi connectivity index (χ3n) is 4.62. The molecular weight excluding hydrogens is 398 g/mol. The molecule has 0 aromatic heterocycles. The number of hydrogen-bond donors (Lipinski definition) is 2. The van der Waals surface area contributed by atoms with E-state index in [4.69, 9.17) is 12.2 Å². The van der Waals surface area contributed by atoms with Crippen molar-refractivity contribution in [2.75, 3.05) is 10.2 Å². The second-order valence-corrected chi connectivity index (χ2v) is 7.11. The predicted molar refractivity (Wildman–Crippen MR) is 119 cm³/mol. The van der Waals surface area contributed by atoms with Gasteiger partial charge in [0.1, 0.15) is 0 Å². The molecule has 0 unspecified atom stereocenters. The number of thiocarbonyl (C=S) groups is 1. The van der Waals surface area contributed by atoms with E-state index in [0.717, 1.165) is 10.5 Å². The van der Waals surface area contributed by atoms with Crippen LogP contribution >= 0.6 is 12.2 Å². The number of amides is 3. The SMILES string of the molecule is O=C(Cc1ccccc1)NC(=S)Nc1cccc(N2C(=O)c3ccccc3C2=O)c1. The van der Waals surface area contributed by atoms with Crippen LogP contribution in [-0.4, -0.2) is 22.8 Å². The van der Waals surface area contributed by atoms with Crippen LogP contribution in [0.3, 0.4) is 0 Å². The van der Waals surface area contributed by atoms with Crippen molar-refractivity contribution >= 4 is 46.4 Å². The van der Waals surface area contributed by atoms with Crippen molar-refractivity contribution in [3.05, 3.63) is 95.6 Å². The number of fused-ring (bicyclic) bond motifs is 1. The summed E-state index contributed by atoms with van der Waals surface area (Å²) in [6.45, 7) is 0. The Morgan fingerprint density at radius 2 is 1.47 bits per heavy atom. The lowest BCUT2D eigenvalue weighted by Gasteiger charge is -2.16. The molecule has 0 aliphatic carbocycles. The second kappa shape index (κ2) is 8.26. The average molecular weight is 415 g/mol. The lowest BCUT2D eigenvalue weighted by atomic mass is 10.1. The van der Waals surface area contributed by atoms with E-state index in [1.807, 2.05) is 30.3 Å². The molecule has 0 fully saturated rings. The van der Waals surface area contributed by atoms with E-state index in [-0.39, 0.29) is 29.3 Å². The van der Waals surface area contributed by atoms with Gasteiger partial charge < -0.3 is 10.6 Å². The topological polar surface area (TPSA) is 78.5 Å². The summed E-state index contributed by atoms with van der Waals surface area (Å²) in [7, 11) is 0. The van der Waals surface area contributed by atoms with E-state index in [1.54, 1.807) is 48.5 Å². The standard InChI is InChI=1S/C23H17N3O3S/c27-20(13-15-7-2-1-3-8-15)25-23(30)24-16-9-6-10-17(14-16)26-21(28)18-11-4-5-12-19(18)22(26)29/h1-12,14H,13H2,(H2,24,25,27,30). The van der Waals surface area contributed by atoms with Gasteiger partial charge in [0.25, 0.3) is 11.8 Å². The first kappa shape index (κ1) is 19.5. The Balaban J connectivity index is 1.44. The van der Waals surface area contributed by atoms with Crippen LogP contribution in [0.2, 0.25) is 0 Å². The van der Waals surface area contributed by atoms with Gasteiger partial charge >= 0.3 is 0 Å². The molecule has 0 saturated heterocycles. The first-order valence-electron chi connectivity index (χ1n) is 9.25. The number of rotatable bonds is 4. The number of nitrogens with zero attached hydrogens (tertiary/aromatic N) is 1. The molecule has 2 N–H and O–H groups in total. The molecule has 7 heteroatoms. The third-order valence-corrected chi connectivity index (χ3v) is 4.82. The van der Waals surface area contributed by atoms with Crippen LogP contribution in [0.1, 0.15) is 26.3 Å². The molecule has 4 rings (SSSR count). The maximum absolute atomic E-state index is 12.7. The van der Waals surface area contributed by atoms with Crippen molar-refractivity contribution in [3.8, 4) is 0 Å². The summed E-state index contributed by atoms with van der Waals surface area (Å²) in [4.78, 5) is 38.6. The number of anilines is 2. The van der Waals surface area contributed by atoms with Gasteiger partial charge in [-0.3, -0.25) is 14.4 Å². The minimum absolute atomic E-state index is 0.135. The Kier molecular flexibility index (Phi) is 5.36. The van der Waals surface area contributed by atoms with Crippen molar-refractivity contribution in [2.24, 2.45) is 0 Å². The van der Waals surface area contributed by atoms with Crippen molar-refractivity contribution in [2.45, 2.75) is 6.42 Å². The summed E-state index contributed by atoms with van der Waals surface area (Å²) < 4.78 is 0. The summed E-state index contributed by atoms with van der Waals surface area (Å²) >= 11 is 5.22. The Labute approximate surface area is 178 Å². The molecule has 3 aromatic rings. The number of carbonyl (C=O) groups is 3. The molecule has 6 nitrogen and oxygen atoms in total. The quantitative estimate of drug-likeness (QED) is 0.503. The number of nitrogens with one attached hydrogen (secondary N) is 2. The lowest BCUT2D eigenvalue weighted by molar-refractivity contribution is -0.119. The van der Waals surface area contributed by atoms with Gasteiger partial charge in [-0.15, -0.1) is 0 Å². The fraction of sp³-hybridized carbons (Fsp3) is 0.0435. The van der Waals surface area contributed by atoms with Crippen LogP contribution in [0.5, 0.6) is 0 Å². The van der Waals surface area contributed by atoms with Crippen LogP contribution in [0.4, 0.5) is 11.4 Å². The molecule has 1 aliphatic heterocycles. The highest BCUT2D eigenvalue weighted by Gasteiger charge is 2.36. The fourth-order valence-corrected chi connectivity index (χ4v) is 3.49. The van der Waals surface area contributed by atoms with E-state index in [0.29, 0.717) is 22.5 Å². The summed E-state index contributed by atoms with van der Waals surface area (Å²) in [6.07, 6.45) is 0.206. The van der Waals surface area contributed by atoms with Crippen LogP contribution in [0, 0.1) is 0 Å². The fourth-order valence-electron chi connectivity index (χ4n) is 3.26. The maximum atomic E-state index is 12.7. The molecule has 1 aliphatic rings. The first-order valence-corrected chi connectivity index (χ1v) is 9.66. The van der Waals surface area contributed by atoms with Crippen molar-refractivity contribution in [1.82, 2.24) is 5.32 Å². The summed E-state index contributed by atoms with van der Waals surface area (Å²) in [5, 5.41) is 5.69. The Bertz CT molecular complexity index is 1130. The molecule has 148 valence electrons. The molecule has 0 radical (unpaired) electrons. The largest absolute Gasteiger partial charge is 0.332 e. The van der Waals surface area contributed by atoms with Crippen molar-refractivity contribution in [3.63, 3.8) is 0 Å². The zero-order valence-electron chi connectivity index (χ0n) is 15.8. The maximum Gasteiger partial charge on any atom is 0.266 e.